The molecule has 1 aromatic rings. The largest absolute Gasteiger partial charge is 0.573 e. The van der Waals surface area contributed by atoms with Gasteiger partial charge in [-0.2, -0.15) is 0 Å². The van der Waals surface area contributed by atoms with Gasteiger partial charge in [0.05, 0.1) is 0 Å². The molecule has 0 aliphatic heterocycles. The van der Waals surface area contributed by atoms with Crippen LogP contribution >= 0.6 is 0 Å². The van der Waals surface area contributed by atoms with Crippen LogP contribution in [0.25, 0.3) is 0 Å². The highest BCUT2D eigenvalue weighted by molar-refractivity contribution is 5.32. The van der Waals surface area contributed by atoms with Crippen molar-refractivity contribution < 1.29 is 17.9 Å². The van der Waals surface area contributed by atoms with Crippen molar-refractivity contribution in [2.45, 2.75) is 25.6 Å². The summed E-state index contributed by atoms with van der Waals surface area (Å²) >= 11 is 0. The van der Waals surface area contributed by atoms with Crippen molar-refractivity contribution in [1.29, 1.82) is 0 Å². The lowest BCUT2D eigenvalue weighted by atomic mass is 10.1. The third-order valence-electron chi connectivity index (χ3n) is 3.12. The quantitative estimate of drug-likeness (QED) is 0.876. The van der Waals surface area contributed by atoms with E-state index in [0.717, 1.165) is 25.1 Å². The monoisotopic (exact) mass is 259 g/mol. The number of nitrogens with one attached hydrogen (secondary N) is 1. The molecule has 1 saturated carbocycles. The van der Waals surface area contributed by atoms with Crippen molar-refractivity contribution in [3.8, 4) is 5.75 Å². The zero-order valence-electron chi connectivity index (χ0n) is 10.1. The van der Waals surface area contributed by atoms with Crippen LogP contribution in [0.15, 0.2) is 24.3 Å². The highest BCUT2D eigenvalue weighted by atomic mass is 19.4. The molecule has 5 heteroatoms. The van der Waals surface area contributed by atoms with Crippen molar-refractivity contribution in [2.75, 3.05) is 13.1 Å². The summed E-state index contributed by atoms with van der Waals surface area (Å²) in [6.07, 6.45) is -3.51. The summed E-state index contributed by atoms with van der Waals surface area (Å²) in [6, 6.07) is 6.20. The van der Waals surface area contributed by atoms with Crippen LogP contribution in [0.4, 0.5) is 13.2 Å². The van der Waals surface area contributed by atoms with Crippen molar-refractivity contribution >= 4 is 0 Å². The van der Waals surface area contributed by atoms with Crippen LogP contribution in [-0.4, -0.2) is 19.5 Å². The number of hydrogen-bond acceptors (Lipinski definition) is 2. The molecule has 100 valence electrons. The third kappa shape index (κ3) is 3.63. The van der Waals surface area contributed by atoms with Gasteiger partial charge in [0.1, 0.15) is 5.75 Å². The summed E-state index contributed by atoms with van der Waals surface area (Å²) in [5.74, 6) is 0.929. The first-order chi connectivity index (χ1) is 8.49. The maximum atomic E-state index is 12.0. The Hall–Kier alpha value is -1.23. The Morgan fingerprint density at radius 2 is 1.94 bits per heavy atom. The number of ether oxygens (including phenoxy) is 1. The highest BCUT2D eigenvalue weighted by Gasteiger charge is 2.37. The van der Waals surface area contributed by atoms with E-state index in [1.54, 1.807) is 12.1 Å². The molecule has 1 aliphatic carbocycles. The van der Waals surface area contributed by atoms with Crippen LogP contribution in [0, 0.1) is 5.92 Å². The molecule has 2 atom stereocenters. The fraction of sp³-hybridized carbons (Fsp3) is 0.538. The zero-order valence-corrected chi connectivity index (χ0v) is 10.1. The first kappa shape index (κ1) is 13.2. The van der Waals surface area contributed by atoms with Crippen LogP contribution in [0.2, 0.25) is 0 Å². The highest BCUT2D eigenvalue weighted by Crippen LogP contribution is 2.47. The fourth-order valence-corrected chi connectivity index (χ4v) is 2.13. The molecule has 1 N–H and O–H groups in total. The van der Waals surface area contributed by atoms with Crippen molar-refractivity contribution in [1.82, 2.24) is 5.32 Å². The van der Waals surface area contributed by atoms with Crippen LogP contribution in [-0.2, 0) is 0 Å². The summed E-state index contributed by atoms with van der Waals surface area (Å²) < 4.78 is 39.8. The van der Waals surface area contributed by atoms with Crippen molar-refractivity contribution in [3.05, 3.63) is 29.8 Å². The second kappa shape index (κ2) is 5.18. The van der Waals surface area contributed by atoms with E-state index in [4.69, 9.17) is 0 Å². The van der Waals surface area contributed by atoms with E-state index >= 15 is 0 Å². The van der Waals surface area contributed by atoms with E-state index in [1.165, 1.54) is 12.1 Å². The number of benzene rings is 1. The zero-order chi connectivity index (χ0) is 13.2. The molecule has 0 aromatic heterocycles. The van der Waals surface area contributed by atoms with Gasteiger partial charge in [0.25, 0.3) is 0 Å². The van der Waals surface area contributed by atoms with Crippen LogP contribution in [0.1, 0.15) is 24.8 Å². The Morgan fingerprint density at radius 1 is 1.28 bits per heavy atom. The van der Waals surface area contributed by atoms with Crippen LogP contribution in [0.5, 0.6) is 5.75 Å². The normalized spacial score (nSPS) is 22.9. The number of halogens is 3. The molecule has 0 spiro atoms. The van der Waals surface area contributed by atoms with Gasteiger partial charge in [-0.25, -0.2) is 0 Å². The third-order valence-corrected chi connectivity index (χ3v) is 3.12. The molecule has 0 heterocycles. The molecule has 1 aromatic carbocycles. The second-order valence-electron chi connectivity index (χ2n) is 4.53. The molecule has 2 rings (SSSR count). The van der Waals surface area contributed by atoms with Gasteiger partial charge in [0.2, 0.25) is 0 Å². The lowest BCUT2D eigenvalue weighted by Gasteiger charge is -2.09. The molecule has 2 nitrogen and oxygen atoms in total. The van der Waals surface area contributed by atoms with Crippen molar-refractivity contribution in [3.63, 3.8) is 0 Å². The van der Waals surface area contributed by atoms with Gasteiger partial charge >= 0.3 is 6.36 Å². The predicted octanol–water partition coefficient (Wildman–Crippen LogP) is 3.30. The summed E-state index contributed by atoms with van der Waals surface area (Å²) in [5, 5.41) is 3.28. The Kier molecular flexibility index (Phi) is 3.80. The van der Waals surface area contributed by atoms with Gasteiger partial charge in [-0.05, 0) is 49.0 Å². The second-order valence-corrected chi connectivity index (χ2v) is 4.53. The van der Waals surface area contributed by atoms with Gasteiger partial charge in [-0.3, -0.25) is 0 Å². The Morgan fingerprint density at radius 3 is 2.50 bits per heavy atom. The number of hydrogen-bond donors (Lipinski definition) is 1. The first-order valence-electron chi connectivity index (χ1n) is 6.06. The number of alkyl halides is 3. The van der Waals surface area contributed by atoms with E-state index in [-0.39, 0.29) is 5.75 Å². The molecule has 0 radical (unpaired) electrons. The van der Waals surface area contributed by atoms with E-state index in [1.807, 2.05) is 0 Å². The lowest BCUT2D eigenvalue weighted by Crippen LogP contribution is -2.17. The molecule has 18 heavy (non-hydrogen) atoms. The van der Waals surface area contributed by atoms with Crippen molar-refractivity contribution in [2.24, 2.45) is 5.92 Å². The molecule has 0 bridgehead atoms. The molecular formula is C13H16F3NO. The average molecular weight is 259 g/mol. The van der Waals surface area contributed by atoms with E-state index in [0.29, 0.717) is 11.8 Å². The Bertz CT molecular complexity index is 388. The molecular weight excluding hydrogens is 243 g/mol. The van der Waals surface area contributed by atoms with Crippen LogP contribution in [0.3, 0.4) is 0 Å². The standard InChI is InChI=1S/C13H16F3NO/c1-2-17-8-10-7-12(10)9-3-5-11(6-4-9)18-13(14,15)16/h3-6,10,12,17H,2,7-8H2,1H3. The summed E-state index contributed by atoms with van der Waals surface area (Å²) in [6.45, 7) is 3.98. The lowest BCUT2D eigenvalue weighted by molar-refractivity contribution is -0.274. The molecule has 2 unspecified atom stereocenters. The average Bonchev–Trinajstić information content (AvgIpc) is 3.05. The Balaban J connectivity index is 1.89. The van der Waals surface area contributed by atoms with E-state index in [2.05, 4.69) is 17.0 Å². The fourth-order valence-electron chi connectivity index (χ4n) is 2.13. The van der Waals surface area contributed by atoms with E-state index < -0.39 is 6.36 Å². The van der Waals surface area contributed by atoms with Gasteiger partial charge in [0, 0.05) is 0 Å². The summed E-state index contributed by atoms with van der Waals surface area (Å²) in [4.78, 5) is 0. The molecule has 0 saturated heterocycles. The predicted molar refractivity (Wildman–Crippen MR) is 62.5 cm³/mol. The Labute approximate surface area is 104 Å². The molecule has 1 fully saturated rings. The minimum atomic E-state index is -4.62. The SMILES string of the molecule is CCNCC1CC1c1ccc(OC(F)(F)F)cc1. The summed E-state index contributed by atoms with van der Waals surface area (Å²) in [7, 11) is 0. The van der Waals surface area contributed by atoms with Gasteiger partial charge < -0.3 is 10.1 Å². The molecule has 1 aliphatic rings. The number of rotatable bonds is 5. The smallest absolute Gasteiger partial charge is 0.406 e. The van der Waals surface area contributed by atoms with Crippen LogP contribution < -0.4 is 10.1 Å². The first-order valence-corrected chi connectivity index (χ1v) is 6.06. The minimum Gasteiger partial charge on any atom is -0.406 e. The van der Waals surface area contributed by atoms with Gasteiger partial charge in [-0.15, -0.1) is 13.2 Å². The maximum absolute atomic E-state index is 12.0. The van der Waals surface area contributed by atoms with E-state index in [9.17, 15) is 13.2 Å². The summed E-state index contributed by atoms with van der Waals surface area (Å²) in [5.41, 5.74) is 1.09. The minimum absolute atomic E-state index is 0.157. The van der Waals surface area contributed by atoms with Gasteiger partial charge in [-0.1, -0.05) is 19.1 Å². The molecule has 0 amide bonds. The van der Waals surface area contributed by atoms with Gasteiger partial charge in [0.15, 0.2) is 0 Å². The topological polar surface area (TPSA) is 21.3 Å². The maximum Gasteiger partial charge on any atom is 0.573 e.